The Morgan fingerprint density at radius 3 is 2.11 bits per heavy atom. The number of esters is 2. The van der Waals surface area contributed by atoms with Gasteiger partial charge in [0, 0.05) is 38.9 Å². The van der Waals surface area contributed by atoms with Gasteiger partial charge in [-0.3, -0.25) is 4.79 Å². The lowest BCUT2D eigenvalue weighted by molar-refractivity contribution is -0.336. The van der Waals surface area contributed by atoms with Crippen LogP contribution in [0.25, 0.3) is 0 Å². The molecule has 15 nitrogen and oxygen atoms in total. The van der Waals surface area contributed by atoms with Crippen LogP contribution in [0.5, 0.6) is 0 Å². The summed E-state index contributed by atoms with van der Waals surface area (Å²) >= 11 is 0. The molecule has 0 aromatic rings. The molecule has 6 fully saturated rings. The smallest absolute Gasteiger partial charge is 0.336 e. The Labute approximate surface area is 321 Å². The molecule has 8 aliphatic rings. The van der Waals surface area contributed by atoms with E-state index >= 15 is 0 Å². The number of ether oxygens (including phenoxy) is 10. The highest BCUT2D eigenvalue weighted by molar-refractivity contribution is 5.92. The maximum Gasteiger partial charge on any atom is 0.336 e. The summed E-state index contributed by atoms with van der Waals surface area (Å²) in [7, 11) is 1.53. The molecular weight excluding hydrogens is 720 g/mol. The van der Waals surface area contributed by atoms with Crippen LogP contribution in [0.2, 0.25) is 0 Å². The molecule has 2 aliphatic carbocycles. The van der Waals surface area contributed by atoms with Gasteiger partial charge in [-0.25, -0.2) is 4.79 Å². The van der Waals surface area contributed by atoms with Gasteiger partial charge in [0.2, 0.25) is 5.79 Å². The molecule has 15 heteroatoms. The van der Waals surface area contributed by atoms with Crippen molar-refractivity contribution in [3.63, 3.8) is 0 Å². The van der Waals surface area contributed by atoms with Crippen LogP contribution in [-0.4, -0.2) is 133 Å². The van der Waals surface area contributed by atoms with E-state index in [0.717, 1.165) is 12.8 Å². The van der Waals surface area contributed by atoms with Gasteiger partial charge in [-0.1, -0.05) is 24.6 Å². The zero-order valence-electron chi connectivity index (χ0n) is 32.6. The number of aliphatic hydroxyl groups is 3. The third kappa shape index (κ3) is 7.34. The van der Waals surface area contributed by atoms with Crippen molar-refractivity contribution in [2.45, 2.75) is 178 Å². The van der Waals surface area contributed by atoms with Crippen molar-refractivity contribution in [2.75, 3.05) is 13.7 Å². The number of fused-ring (bicyclic) bond motifs is 3. The Hall–Kier alpha value is -2.02. The lowest BCUT2D eigenvalue weighted by Gasteiger charge is -2.50. The number of carbonyl (C=O) groups is 2. The van der Waals surface area contributed by atoms with Crippen LogP contribution in [0, 0.1) is 23.2 Å². The second-order valence-corrected chi connectivity index (χ2v) is 17.3. The van der Waals surface area contributed by atoms with Gasteiger partial charge in [0.05, 0.1) is 61.2 Å². The first-order valence-electron chi connectivity index (χ1n) is 20.1. The number of aliphatic hydroxyl groups excluding tert-OH is 3. The van der Waals surface area contributed by atoms with Crippen molar-refractivity contribution in [2.24, 2.45) is 23.2 Å². The van der Waals surface area contributed by atoms with E-state index < -0.39 is 97.6 Å². The van der Waals surface area contributed by atoms with E-state index in [0.29, 0.717) is 31.3 Å². The van der Waals surface area contributed by atoms with Crippen LogP contribution in [0.3, 0.4) is 0 Å². The third-order valence-electron chi connectivity index (χ3n) is 13.8. The fourth-order valence-electron chi connectivity index (χ4n) is 10.6. The Kier molecular flexibility index (Phi) is 11.1. The zero-order valence-corrected chi connectivity index (χ0v) is 32.6. The number of methoxy groups -OCH3 is 1. The highest BCUT2D eigenvalue weighted by Crippen LogP contribution is 2.56. The highest BCUT2D eigenvalue weighted by atomic mass is 16.8. The van der Waals surface area contributed by atoms with Crippen molar-refractivity contribution in [1.82, 2.24) is 0 Å². The van der Waals surface area contributed by atoms with Gasteiger partial charge in [-0.05, 0) is 64.2 Å². The van der Waals surface area contributed by atoms with Crippen molar-refractivity contribution < 1.29 is 72.3 Å². The Morgan fingerprint density at radius 1 is 0.818 bits per heavy atom. The van der Waals surface area contributed by atoms with Crippen LogP contribution in [0.1, 0.15) is 86.0 Å². The predicted molar refractivity (Wildman–Crippen MR) is 188 cm³/mol. The van der Waals surface area contributed by atoms with E-state index in [1.54, 1.807) is 20.8 Å². The lowest BCUT2D eigenvalue weighted by atomic mass is 9.55. The van der Waals surface area contributed by atoms with Gasteiger partial charge in [0.1, 0.15) is 24.4 Å². The summed E-state index contributed by atoms with van der Waals surface area (Å²) in [6, 6.07) is 0. The molecule has 0 aromatic heterocycles. The number of hydrogen-bond acceptors (Lipinski definition) is 15. The van der Waals surface area contributed by atoms with Gasteiger partial charge < -0.3 is 62.7 Å². The third-order valence-corrected chi connectivity index (χ3v) is 13.8. The van der Waals surface area contributed by atoms with E-state index in [9.17, 15) is 24.9 Å². The Bertz CT molecular complexity index is 1490. The topological polar surface area (TPSA) is 187 Å². The van der Waals surface area contributed by atoms with Crippen molar-refractivity contribution >= 4 is 11.9 Å². The second-order valence-electron chi connectivity index (χ2n) is 17.3. The van der Waals surface area contributed by atoms with Gasteiger partial charge >= 0.3 is 11.9 Å². The molecule has 55 heavy (non-hydrogen) atoms. The van der Waals surface area contributed by atoms with Gasteiger partial charge in [-0.2, -0.15) is 0 Å². The number of rotatable bonds is 7. The summed E-state index contributed by atoms with van der Waals surface area (Å²) in [4.78, 5) is 26.6. The molecule has 19 atom stereocenters. The first-order chi connectivity index (χ1) is 26.2. The van der Waals surface area contributed by atoms with Crippen LogP contribution in [-0.2, 0) is 57.0 Å². The zero-order chi connectivity index (χ0) is 39.0. The summed E-state index contributed by atoms with van der Waals surface area (Å²) in [6.07, 6.45) is -0.766. The maximum atomic E-state index is 13.7. The van der Waals surface area contributed by atoms with E-state index in [1.807, 2.05) is 13.0 Å². The molecule has 0 unspecified atom stereocenters. The number of allylic oxidation sites excluding steroid dienone is 2. The molecule has 6 heterocycles. The predicted octanol–water partition coefficient (Wildman–Crippen LogP) is 2.56. The molecule has 6 aliphatic heterocycles. The van der Waals surface area contributed by atoms with E-state index in [1.165, 1.54) is 12.7 Å². The van der Waals surface area contributed by atoms with Crippen LogP contribution >= 0.6 is 0 Å². The lowest BCUT2D eigenvalue weighted by Crippen LogP contribution is -2.56. The quantitative estimate of drug-likeness (QED) is 0.253. The Morgan fingerprint density at radius 2 is 1.45 bits per heavy atom. The van der Waals surface area contributed by atoms with Gasteiger partial charge in [-0.15, -0.1) is 0 Å². The molecule has 8 rings (SSSR count). The molecule has 0 radical (unpaired) electrons. The molecular formula is C40H58O15. The minimum atomic E-state index is -1.11. The normalized spacial score (nSPS) is 51.3. The summed E-state index contributed by atoms with van der Waals surface area (Å²) in [5.74, 6) is -2.58. The number of hydrogen-bond donors (Lipinski definition) is 3. The first-order valence-corrected chi connectivity index (χ1v) is 20.1. The summed E-state index contributed by atoms with van der Waals surface area (Å²) in [5, 5.41) is 32.6. The minimum Gasteiger partial charge on any atom is -0.459 e. The summed E-state index contributed by atoms with van der Waals surface area (Å²) < 4.78 is 59.9. The molecule has 3 N–H and O–H groups in total. The molecule has 0 bridgehead atoms. The summed E-state index contributed by atoms with van der Waals surface area (Å²) in [5.41, 5.74) is 1.48. The second kappa shape index (κ2) is 15.3. The average Bonchev–Trinajstić information content (AvgIpc) is 3.59. The SMILES string of the molecule is CO[C@@H]1C[C@H](O[C@H]2[C@@H](O)C[C@H](O[C@H]3[C@H](O)C[C@H](O[C@H]4CC[C@@]5(C)C(=CC[C@H]6C(=O)O[C@@H]7CO[C@]8(C)OC(=O)C(=CC[C@@H]65)[C@H]78)C4)O[C@@H]3C)O[C@@H]2C)O[C@@H](C)[C@H]1O. The molecule has 0 spiro atoms. The van der Waals surface area contributed by atoms with Crippen LogP contribution < -0.4 is 0 Å². The fraction of sp³-hybridized carbons (Fsp3) is 0.850. The van der Waals surface area contributed by atoms with Crippen molar-refractivity contribution in [3.8, 4) is 0 Å². The van der Waals surface area contributed by atoms with E-state index in [-0.39, 0.29) is 48.8 Å². The van der Waals surface area contributed by atoms with Gasteiger partial charge in [0.25, 0.3) is 0 Å². The standard InChI is InChI=1S/C40H58O15/c1-18-34(43)28(46-6)16-32(48-18)54-36-20(3)50-31(15-27(36)42)53-35-19(2)49-30(14-26(35)41)51-22-11-12-39(4)21(13-22)7-8-23-25(39)10-9-24-33-29(52-37(23)44)17-47-40(33,5)55-38(24)45/h7,9,18-20,22-23,25-36,41-43H,8,10-17H2,1-6H3/t18-,19+,20+,22-,23+,25-,26+,27-,28+,29+,30-,31-,32-,33+,34+,35+,36+,39-,40+/m0/s1. The Balaban J connectivity index is 0.850. The van der Waals surface area contributed by atoms with Gasteiger partial charge in [0.15, 0.2) is 18.9 Å². The number of carbonyl (C=O) groups excluding carboxylic acids is 2. The van der Waals surface area contributed by atoms with Crippen LogP contribution in [0.4, 0.5) is 0 Å². The highest BCUT2D eigenvalue weighted by Gasteiger charge is 2.61. The minimum absolute atomic E-state index is 0.0510. The molecule has 5 saturated heterocycles. The molecule has 0 amide bonds. The monoisotopic (exact) mass is 778 g/mol. The van der Waals surface area contributed by atoms with E-state index in [4.69, 9.17) is 47.4 Å². The summed E-state index contributed by atoms with van der Waals surface area (Å²) in [6.45, 7) is 9.52. The molecule has 308 valence electrons. The molecule has 0 aromatic carbocycles. The van der Waals surface area contributed by atoms with Crippen LogP contribution in [0.15, 0.2) is 23.3 Å². The maximum absolute atomic E-state index is 13.7. The largest absolute Gasteiger partial charge is 0.459 e. The fourth-order valence-corrected chi connectivity index (χ4v) is 10.6. The average molecular weight is 779 g/mol. The van der Waals surface area contributed by atoms with Crippen molar-refractivity contribution in [1.29, 1.82) is 0 Å². The first kappa shape index (κ1) is 39.8. The van der Waals surface area contributed by atoms with Crippen molar-refractivity contribution in [3.05, 3.63) is 23.3 Å². The molecule has 1 saturated carbocycles. The van der Waals surface area contributed by atoms with E-state index in [2.05, 4.69) is 13.0 Å².